The van der Waals surface area contributed by atoms with Crippen LogP contribution in [-0.4, -0.2) is 37.1 Å². The average molecular weight is 171 g/mol. The molecule has 0 spiro atoms. The first-order chi connectivity index (χ1) is 5.52. The highest BCUT2D eigenvalue weighted by Crippen LogP contribution is 2.23. The molecule has 1 saturated heterocycles. The van der Waals surface area contributed by atoms with Crippen LogP contribution in [0.3, 0.4) is 0 Å². The smallest absolute Gasteiger partial charge is 0.310 e. The molecule has 0 radical (unpaired) electrons. The molecule has 0 aromatic carbocycles. The number of rotatable bonds is 1. The molecule has 1 heterocycles. The summed E-state index contributed by atoms with van der Waals surface area (Å²) in [6, 6.07) is 0.334. The molecule has 70 valence electrons. The number of ether oxygens (including phenoxy) is 1. The SMILES string of the molecule is CC1C(=O)O[C@H](C)C[C@@H]1N(C)C. The largest absolute Gasteiger partial charge is 0.462 e. The van der Waals surface area contributed by atoms with Gasteiger partial charge >= 0.3 is 5.97 Å². The standard InChI is InChI=1S/C9H17NO2/c1-6-5-8(10(3)4)7(2)9(11)12-6/h6-8H,5H2,1-4H3/t6-,7?,8+/m1/s1. The third-order valence-corrected chi connectivity index (χ3v) is 2.50. The Morgan fingerprint density at radius 2 is 2.00 bits per heavy atom. The first kappa shape index (κ1) is 9.52. The van der Waals surface area contributed by atoms with Crippen LogP contribution in [0.4, 0.5) is 0 Å². The fraction of sp³-hybridized carbons (Fsp3) is 0.889. The topological polar surface area (TPSA) is 29.5 Å². The first-order valence-electron chi connectivity index (χ1n) is 4.39. The van der Waals surface area contributed by atoms with Gasteiger partial charge in [0.2, 0.25) is 0 Å². The molecule has 1 rings (SSSR count). The normalized spacial score (nSPS) is 36.8. The van der Waals surface area contributed by atoms with E-state index in [0.717, 1.165) is 6.42 Å². The van der Waals surface area contributed by atoms with E-state index >= 15 is 0 Å². The lowest BCUT2D eigenvalue weighted by molar-refractivity contribution is -0.162. The molecule has 3 heteroatoms. The van der Waals surface area contributed by atoms with Crippen LogP contribution in [0, 0.1) is 5.92 Å². The molecule has 3 atom stereocenters. The van der Waals surface area contributed by atoms with Gasteiger partial charge in [-0.05, 0) is 21.0 Å². The second-order valence-electron chi connectivity index (χ2n) is 3.80. The molecule has 1 aliphatic heterocycles. The molecule has 1 fully saturated rings. The third-order valence-electron chi connectivity index (χ3n) is 2.50. The van der Waals surface area contributed by atoms with E-state index in [2.05, 4.69) is 4.90 Å². The number of hydrogen-bond donors (Lipinski definition) is 0. The van der Waals surface area contributed by atoms with Crippen molar-refractivity contribution in [3.05, 3.63) is 0 Å². The molecule has 1 unspecified atom stereocenters. The summed E-state index contributed by atoms with van der Waals surface area (Å²) < 4.78 is 5.11. The van der Waals surface area contributed by atoms with Gasteiger partial charge in [0.15, 0.2) is 0 Å². The molecule has 1 aliphatic rings. The Labute approximate surface area is 73.7 Å². The van der Waals surface area contributed by atoms with Crippen LogP contribution in [0.25, 0.3) is 0 Å². The summed E-state index contributed by atoms with van der Waals surface area (Å²) in [7, 11) is 4.01. The second-order valence-corrected chi connectivity index (χ2v) is 3.80. The molecular weight excluding hydrogens is 154 g/mol. The van der Waals surface area contributed by atoms with Gasteiger partial charge in [0.25, 0.3) is 0 Å². The summed E-state index contributed by atoms with van der Waals surface area (Å²) in [5.41, 5.74) is 0. The summed E-state index contributed by atoms with van der Waals surface area (Å²) in [6.07, 6.45) is 1.01. The summed E-state index contributed by atoms with van der Waals surface area (Å²) in [4.78, 5) is 13.4. The van der Waals surface area contributed by atoms with E-state index in [-0.39, 0.29) is 18.0 Å². The predicted molar refractivity (Wildman–Crippen MR) is 46.8 cm³/mol. The van der Waals surface area contributed by atoms with Gasteiger partial charge in [-0.1, -0.05) is 6.92 Å². The van der Waals surface area contributed by atoms with Crippen molar-refractivity contribution in [3.63, 3.8) is 0 Å². The second kappa shape index (κ2) is 3.44. The third kappa shape index (κ3) is 1.78. The van der Waals surface area contributed by atoms with Crippen molar-refractivity contribution in [2.24, 2.45) is 5.92 Å². The Bertz CT molecular complexity index is 179. The average Bonchev–Trinajstić information content (AvgIpc) is 1.96. The Morgan fingerprint density at radius 1 is 1.42 bits per heavy atom. The van der Waals surface area contributed by atoms with Crippen LogP contribution in [0.5, 0.6) is 0 Å². The molecule has 0 aromatic heterocycles. The first-order valence-corrected chi connectivity index (χ1v) is 4.39. The highest BCUT2D eigenvalue weighted by atomic mass is 16.5. The minimum atomic E-state index is -0.0625. The van der Waals surface area contributed by atoms with Crippen LogP contribution in [0.1, 0.15) is 20.3 Å². The van der Waals surface area contributed by atoms with E-state index < -0.39 is 0 Å². The zero-order valence-corrected chi connectivity index (χ0v) is 8.20. The highest BCUT2D eigenvalue weighted by molar-refractivity contribution is 5.73. The van der Waals surface area contributed by atoms with E-state index in [1.165, 1.54) is 0 Å². The van der Waals surface area contributed by atoms with E-state index in [0.29, 0.717) is 6.04 Å². The van der Waals surface area contributed by atoms with Gasteiger partial charge in [0, 0.05) is 12.5 Å². The van der Waals surface area contributed by atoms with Crippen molar-refractivity contribution in [2.45, 2.75) is 32.4 Å². The number of carbonyl (C=O) groups is 1. The van der Waals surface area contributed by atoms with Crippen LogP contribution in [-0.2, 0) is 9.53 Å². The van der Waals surface area contributed by atoms with Crippen LogP contribution < -0.4 is 0 Å². The van der Waals surface area contributed by atoms with E-state index in [1.54, 1.807) is 0 Å². The zero-order chi connectivity index (χ0) is 9.30. The number of cyclic esters (lactones) is 1. The molecule has 0 bridgehead atoms. The van der Waals surface area contributed by atoms with Crippen molar-refractivity contribution in [1.82, 2.24) is 4.90 Å². The summed E-state index contributed by atoms with van der Waals surface area (Å²) in [5.74, 6) is -0.0522. The quantitative estimate of drug-likeness (QED) is 0.549. The Kier molecular flexibility index (Phi) is 2.73. The molecule has 0 aromatic rings. The lowest BCUT2D eigenvalue weighted by Gasteiger charge is -2.35. The Balaban J connectivity index is 2.66. The van der Waals surface area contributed by atoms with E-state index in [1.807, 2.05) is 27.9 Å². The van der Waals surface area contributed by atoms with Crippen LogP contribution >= 0.6 is 0 Å². The minimum absolute atomic E-state index is 0.0104. The maximum Gasteiger partial charge on any atom is 0.310 e. The molecule has 3 nitrogen and oxygen atoms in total. The van der Waals surface area contributed by atoms with Gasteiger partial charge in [-0.25, -0.2) is 0 Å². The fourth-order valence-corrected chi connectivity index (χ4v) is 1.71. The molecule has 0 amide bonds. The predicted octanol–water partition coefficient (Wildman–Crippen LogP) is 0.888. The fourth-order valence-electron chi connectivity index (χ4n) is 1.71. The maximum atomic E-state index is 11.3. The molecular formula is C9H17NO2. The monoisotopic (exact) mass is 171 g/mol. The molecule has 0 aliphatic carbocycles. The number of carbonyl (C=O) groups excluding carboxylic acids is 1. The zero-order valence-electron chi connectivity index (χ0n) is 8.20. The van der Waals surface area contributed by atoms with Crippen molar-refractivity contribution < 1.29 is 9.53 Å². The van der Waals surface area contributed by atoms with Gasteiger partial charge in [-0.15, -0.1) is 0 Å². The van der Waals surface area contributed by atoms with Crippen molar-refractivity contribution in [2.75, 3.05) is 14.1 Å². The molecule has 0 N–H and O–H groups in total. The van der Waals surface area contributed by atoms with Gasteiger partial charge in [-0.2, -0.15) is 0 Å². The van der Waals surface area contributed by atoms with Gasteiger partial charge in [0.1, 0.15) is 6.10 Å². The summed E-state index contributed by atoms with van der Waals surface area (Å²) >= 11 is 0. The number of hydrogen-bond acceptors (Lipinski definition) is 3. The Hall–Kier alpha value is -0.570. The minimum Gasteiger partial charge on any atom is -0.462 e. The maximum absolute atomic E-state index is 11.3. The molecule has 12 heavy (non-hydrogen) atoms. The van der Waals surface area contributed by atoms with Crippen molar-refractivity contribution >= 4 is 5.97 Å². The van der Waals surface area contributed by atoms with E-state index in [4.69, 9.17) is 4.74 Å². The number of nitrogens with zero attached hydrogens (tertiary/aromatic N) is 1. The highest BCUT2D eigenvalue weighted by Gasteiger charge is 2.34. The van der Waals surface area contributed by atoms with Crippen molar-refractivity contribution in [3.8, 4) is 0 Å². The van der Waals surface area contributed by atoms with Gasteiger partial charge in [0.05, 0.1) is 5.92 Å². The van der Waals surface area contributed by atoms with Gasteiger partial charge < -0.3 is 9.64 Å². The van der Waals surface area contributed by atoms with Crippen molar-refractivity contribution in [1.29, 1.82) is 0 Å². The van der Waals surface area contributed by atoms with Crippen LogP contribution in [0.2, 0.25) is 0 Å². The molecule has 0 saturated carbocycles. The lowest BCUT2D eigenvalue weighted by atomic mass is 9.93. The lowest BCUT2D eigenvalue weighted by Crippen LogP contribution is -2.46. The summed E-state index contributed by atoms with van der Waals surface area (Å²) in [5, 5.41) is 0. The van der Waals surface area contributed by atoms with Crippen LogP contribution in [0.15, 0.2) is 0 Å². The summed E-state index contributed by atoms with van der Waals surface area (Å²) in [6.45, 7) is 3.87. The van der Waals surface area contributed by atoms with Gasteiger partial charge in [-0.3, -0.25) is 4.79 Å². The van der Waals surface area contributed by atoms with E-state index in [9.17, 15) is 4.79 Å². The number of esters is 1. The Morgan fingerprint density at radius 3 is 2.50 bits per heavy atom.